The second-order valence-electron chi connectivity index (χ2n) is 9.80. The molecular weight excluding hydrogens is 508 g/mol. The third-order valence-corrected chi connectivity index (χ3v) is 7.21. The maximum absolute atomic E-state index is 13.5. The van der Waals surface area contributed by atoms with Crippen molar-refractivity contribution in [3.05, 3.63) is 89.5 Å². The first-order valence-corrected chi connectivity index (χ1v) is 13.7. The molecule has 0 atom stereocenters. The van der Waals surface area contributed by atoms with E-state index in [1.54, 1.807) is 12.1 Å². The number of amides is 1. The fraction of sp³-hybridized carbons (Fsp3) is 0.375. The third-order valence-electron chi connectivity index (χ3n) is 7.21. The molecule has 4 rings (SSSR count). The van der Waals surface area contributed by atoms with Crippen LogP contribution < -0.4 is 14.2 Å². The minimum atomic E-state index is -0.592. The van der Waals surface area contributed by atoms with Crippen LogP contribution in [0.3, 0.4) is 0 Å². The summed E-state index contributed by atoms with van der Waals surface area (Å²) in [7, 11) is 4.47. The van der Waals surface area contributed by atoms with Crippen LogP contribution in [0, 0.1) is 0 Å². The van der Waals surface area contributed by atoms with E-state index >= 15 is 0 Å². The van der Waals surface area contributed by atoms with Gasteiger partial charge in [-0.15, -0.1) is 5.06 Å². The smallest absolute Gasteiger partial charge is 0.357 e. The van der Waals surface area contributed by atoms with Crippen molar-refractivity contribution in [1.29, 1.82) is 0 Å². The van der Waals surface area contributed by atoms with Gasteiger partial charge in [0.25, 0.3) is 0 Å². The van der Waals surface area contributed by atoms with Crippen molar-refractivity contribution in [2.45, 2.75) is 38.1 Å². The zero-order chi connectivity index (χ0) is 28.3. The van der Waals surface area contributed by atoms with Crippen LogP contribution in [0.25, 0.3) is 0 Å². The van der Waals surface area contributed by atoms with Crippen molar-refractivity contribution >= 4 is 11.9 Å². The van der Waals surface area contributed by atoms with Crippen LogP contribution in [0.5, 0.6) is 17.2 Å². The van der Waals surface area contributed by atoms with Crippen LogP contribution in [0.4, 0.5) is 0 Å². The molecule has 0 aliphatic carbocycles. The van der Waals surface area contributed by atoms with E-state index in [1.165, 1.54) is 37.5 Å². The summed E-state index contributed by atoms with van der Waals surface area (Å²) >= 11 is 0. The Morgan fingerprint density at radius 2 is 1.35 bits per heavy atom. The van der Waals surface area contributed by atoms with Crippen molar-refractivity contribution in [3.63, 3.8) is 0 Å². The number of benzene rings is 3. The van der Waals surface area contributed by atoms with Gasteiger partial charge in [0.15, 0.2) is 11.5 Å². The molecule has 8 heteroatoms. The number of aryl methyl sites for hydroxylation is 2. The molecule has 3 aromatic rings. The molecule has 1 aliphatic heterocycles. The van der Waals surface area contributed by atoms with Crippen molar-refractivity contribution in [2.24, 2.45) is 0 Å². The highest BCUT2D eigenvalue weighted by Crippen LogP contribution is 2.38. The summed E-state index contributed by atoms with van der Waals surface area (Å²) in [5, 5.41) is 1.46. The molecule has 40 heavy (non-hydrogen) atoms. The van der Waals surface area contributed by atoms with Gasteiger partial charge in [-0.2, -0.15) is 0 Å². The molecule has 0 bridgehead atoms. The number of methoxy groups -OCH3 is 3. The van der Waals surface area contributed by atoms with Gasteiger partial charge >= 0.3 is 5.97 Å². The number of ether oxygens (including phenoxy) is 3. The Morgan fingerprint density at radius 3 is 1.85 bits per heavy atom. The standard InChI is InChI=1S/C32H38N2O6/c1-37-28-21-26(22-29(38-2)31(28)39-3)32(36)40-33-19-10-20-34(30(35)23-33)27(17-15-24-11-6-4-7-12-24)18-16-25-13-8-5-9-14-25/h4-9,11-14,21-22,27H,10,15-20,23H2,1-3H3. The Labute approximate surface area is 236 Å². The SMILES string of the molecule is COc1cc(C(=O)ON2CCCN(C(CCc3ccccc3)CCc3ccccc3)C(=O)C2)cc(OC)c1OC. The predicted octanol–water partition coefficient (Wildman–Crippen LogP) is 4.95. The van der Waals surface area contributed by atoms with E-state index in [-0.39, 0.29) is 24.1 Å². The molecule has 1 fully saturated rings. The third kappa shape index (κ3) is 7.54. The Bertz CT molecular complexity index is 1180. The molecule has 8 nitrogen and oxygen atoms in total. The molecule has 1 aliphatic rings. The van der Waals surface area contributed by atoms with Crippen molar-refractivity contribution in [1.82, 2.24) is 9.96 Å². The zero-order valence-corrected chi connectivity index (χ0v) is 23.5. The van der Waals surface area contributed by atoms with Crippen LogP contribution in [-0.4, -0.2) is 68.8 Å². The number of hydroxylamine groups is 2. The first-order valence-electron chi connectivity index (χ1n) is 13.7. The minimum Gasteiger partial charge on any atom is -0.493 e. The van der Waals surface area contributed by atoms with E-state index in [9.17, 15) is 9.59 Å². The van der Waals surface area contributed by atoms with Crippen molar-refractivity contribution in [3.8, 4) is 17.2 Å². The van der Waals surface area contributed by atoms with Crippen molar-refractivity contribution in [2.75, 3.05) is 41.0 Å². The lowest BCUT2D eigenvalue weighted by Gasteiger charge is -2.31. The second kappa shape index (κ2) is 14.4. The highest BCUT2D eigenvalue weighted by molar-refractivity contribution is 5.91. The summed E-state index contributed by atoms with van der Waals surface area (Å²) < 4.78 is 16.1. The molecule has 1 saturated heterocycles. The Kier molecular flexibility index (Phi) is 10.4. The van der Waals surface area contributed by atoms with Crippen LogP contribution >= 0.6 is 0 Å². The number of hydrogen-bond donors (Lipinski definition) is 0. The van der Waals surface area contributed by atoms with Crippen LogP contribution in [0.2, 0.25) is 0 Å². The van der Waals surface area contributed by atoms with Gasteiger partial charge in [-0.1, -0.05) is 60.7 Å². The lowest BCUT2D eigenvalue weighted by molar-refractivity contribution is -0.146. The van der Waals surface area contributed by atoms with Gasteiger partial charge in [-0.05, 0) is 55.4 Å². The first-order chi connectivity index (χ1) is 19.5. The molecule has 0 radical (unpaired) electrons. The predicted molar refractivity (Wildman–Crippen MR) is 153 cm³/mol. The summed E-state index contributed by atoms with van der Waals surface area (Å²) in [6, 6.07) is 23.9. The summed E-state index contributed by atoms with van der Waals surface area (Å²) in [6.45, 7) is 1.08. The number of carbonyl (C=O) groups is 2. The van der Waals surface area contributed by atoms with Gasteiger partial charge in [0.1, 0.15) is 6.54 Å². The van der Waals surface area contributed by atoms with Gasteiger partial charge < -0.3 is 23.9 Å². The van der Waals surface area contributed by atoms with E-state index < -0.39 is 5.97 Å². The van der Waals surface area contributed by atoms with Crippen molar-refractivity contribution < 1.29 is 28.6 Å². The quantitative estimate of drug-likeness (QED) is 0.318. The Balaban J connectivity index is 1.44. The Morgan fingerprint density at radius 1 is 0.800 bits per heavy atom. The number of carbonyl (C=O) groups excluding carboxylic acids is 2. The lowest BCUT2D eigenvalue weighted by Crippen LogP contribution is -2.44. The molecule has 0 N–H and O–H groups in total. The Hall–Kier alpha value is -4.04. The summed E-state index contributed by atoms with van der Waals surface area (Å²) in [4.78, 5) is 34.3. The normalized spacial score (nSPS) is 14.1. The minimum absolute atomic E-state index is 0.00331. The molecule has 0 saturated carbocycles. The lowest BCUT2D eigenvalue weighted by atomic mass is 9.97. The number of rotatable bonds is 12. The fourth-order valence-corrected chi connectivity index (χ4v) is 5.11. The average Bonchev–Trinajstić information content (AvgIpc) is 3.17. The first kappa shape index (κ1) is 29.0. The van der Waals surface area contributed by atoms with E-state index in [0.717, 1.165) is 25.7 Å². The maximum Gasteiger partial charge on any atom is 0.357 e. The van der Waals surface area contributed by atoms with E-state index in [0.29, 0.717) is 36.8 Å². The van der Waals surface area contributed by atoms with Gasteiger partial charge in [0.2, 0.25) is 11.7 Å². The van der Waals surface area contributed by atoms with E-state index in [4.69, 9.17) is 19.0 Å². The monoisotopic (exact) mass is 546 g/mol. The summed E-state index contributed by atoms with van der Waals surface area (Å²) in [5.74, 6) is 0.462. The fourth-order valence-electron chi connectivity index (χ4n) is 5.11. The average molecular weight is 547 g/mol. The highest BCUT2D eigenvalue weighted by atomic mass is 16.7. The van der Waals surface area contributed by atoms with E-state index in [1.807, 2.05) is 41.3 Å². The van der Waals surface area contributed by atoms with Gasteiger partial charge in [0.05, 0.1) is 26.9 Å². The number of nitrogens with zero attached hydrogens (tertiary/aromatic N) is 2. The second-order valence-corrected chi connectivity index (χ2v) is 9.80. The molecular formula is C32H38N2O6. The largest absolute Gasteiger partial charge is 0.493 e. The van der Waals surface area contributed by atoms with Crippen LogP contribution in [-0.2, 0) is 22.5 Å². The molecule has 0 spiro atoms. The summed E-state index contributed by atoms with van der Waals surface area (Å²) in [5.41, 5.74) is 2.76. The van der Waals surface area contributed by atoms with Crippen LogP contribution in [0.1, 0.15) is 40.7 Å². The molecule has 0 unspecified atom stereocenters. The topological polar surface area (TPSA) is 77.5 Å². The maximum atomic E-state index is 13.5. The van der Waals surface area contributed by atoms with Gasteiger partial charge in [-0.3, -0.25) is 4.79 Å². The molecule has 0 aromatic heterocycles. The molecule has 1 heterocycles. The van der Waals surface area contributed by atoms with Crippen LogP contribution in [0.15, 0.2) is 72.8 Å². The molecule has 3 aromatic carbocycles. The molecule has 212 valence electrons. The van der Waals surface area contributed by atoms with E-state index in [2.05, 4.69) is 24.3 Å². The number of hydrogen-bond acceptors (Lipinski definition) is 7. The van der Waals surface area contributed by atoms with Gasteiger partial charge in [0, 0.05) is 19.1 Å². The summed E-state index contributed by atoms with van der Waals surface area (Å²) in [6.07, 6.45) is 4.22. The van der Waals surface area contributed by atoms with Gasteiger partial charge in [-0.25, -0.2) is 4.79 Å². The zero-order valence-electron chi connectivity index (χ0n) is 23.5. The molecule has 1 amide bonds. The highest BCUT2D eigenvalue weighted by Gasteiger charge is 2.30.